The first-order chi connectivity index (χ1) is 10.2. The summed E-state index contributed by atoms with van der Waals surface area (Å²) in [6, 6.07) is 0. The smallest absolute Gasteiger partial charge is 0.161 e. The van der Waals surface area contributed by atoms with E-state index >= 15 is 0 Å². The van der Waals surface area contributed by atoms with Crippen LogP contribution in [0.25, 0.3) is 10.2 Å². The summed E-state index contributed by atoms with van der Waals surface area (Å²) < 4.78 is 5.60. The van der Waals surface area contributed by atoms with Crippen molar-refractivity contribution in [2.45, 2.75) is 45.6 Å². The summed E-state index contributed by atoms with van der Waals surface area (Å²) >= 11 is 1.84. The van der Waals surface area contributed by atoms with Crippen molar-refractivity contribution in [2.24, 2.45) is 5.92 Å². The van der Waals surface area contributed by atoms with Crippen LogP contribution in [0, 0.1) is 5.92 Å². The van der Waals surface area contributed by atoms with Gasteiger partial charge in [-0.1, -0.05) is 13.8 Å². The van der Waals surface area contributed by atoms with Gasteiger partial charge in [-0.15, -0.1) is 11.3 Å². The Balaban J connectivity index is 2.18. The highest BCUT2D eigenvalue weighted by molar-refractivity contribution is 7.19. The Kier molecular flexibility index (Phi) is 4.13. The van der Waals surface area contributed by atoms with E-state index in [4.69, 9.17) is 14.7 Å². The SMILES string of the molecule is CNc1nc(C(OC)C(C)C)nc2sc3c(c12)CCCC3. The van der Waals surface area contributed by atoms with Gasteiger partial charge in [0.15, 0.2) is 5.82 Å². The molecule has 114 valence electrons. The monoisotopic (exact) mass is 305 g/mol. The molecule has 1 aliphatic carbocycles. The fraction of sp³-hybridized carbons (Fsp3) is 0.625. The first-order valence-corrected chi connectivity index (χ1v) is 8.50. The second-order valence-electron chi connectivity index (χ2n) is 5.97. The van der Waals surface area contributed by atoms with Gasteiger partial charge in [0.2, 0.25) is 0 Å². The molecule has 0 fully saturated rings. The molecule has 1 unspecified atom stereocenters. The number of aryl methyl sites for hydroxylation is 2. The van der Waals surface area contributed by atoms with Gasteiger partial charge in [0.25, 0.3) is 0 Å². The molecule has 4 nitrogen and oxygen atoms in total. The maximum atomic E-state index is 5.60. The van der Waals surface area contributed by atoms with Gasteiger partial charge in [-0.25, -0.2) is 9.97 Å². The van der Waals surface area contributed by atoms with Gasteiger partial charge in [-0.2, -0.15) is 0 Å². The first kappa shape index (κ1) is 14.7. The van der Waals surface area contributed by atoms with Crippen LogP contribution in [0.2, 0.25) is 0 Å². The standard InChI is InChI=1S/C16H23N3OS/c1-9(2)13(20-4)15-18-14(17-3)12-10-7-5-6-8-11(10)21-16(12)19-15/h9,13H,5-8H2,1-4H3,(H,17,18,19). The van der Waals surface area contributed by atoms with Gasteiger partial charge in [-0.05, 0) is 37.2 Å². The van der Waals surface area contributed by atoms with E-state index in [2.05, 4.69) is 19.2 Å². The Morgan fingerprint density at radius 2 is 1.95 bits per heavy atom. The Morgan fingerprint density at radius 3 is 2.62 bits per heavy atom. The number of ether oxygens (including phenoxy) is 1. The highest BCUT2D eigenvalue weighted by Gasteiger charge is 2.24. The lowest BCUT2D eigenvalue weighted by molar-refractivity contribution is 0.0579. The number of hydrogen-bond acceptors (Lipinski definition) is 5. The first-order valence-electron chi connectivity index (χ1n) is 7.68. The average Bonchev–Trinajstić information content (AvgIpc) is 2.85. The van der Waals surface area contributed by atoms with Crippen molar-refractivity contribution in [1.29, 1.82) is 0 Å². The van der Waals surface area contributed by atoms with Crippen molar-refractivity contribution < 1.29 is 4.74 Å². The molecule has 3 rings (SSSR count). The minimum Gasteiger partial charge on any atom is -0.373 e. The Morgan fingerprint density at radius 1 is 1.19 bits per heavy atom. The van der Waals surface area contributed by atoms with Crippen LogP contribution < -0.4 is 5.32 Å². The Hall–Kier alpha value is -1.20. The highest BCUT2D eigenvalue weighted by atomic mass is 32.1. The third-order valence-electron chi connectivity index (χ3n) is 4.18. The predicted octanol–water partition coefficient (Wildman–Crippen LogP) is 3.96. The lowest BCUT2D eigenvalue weighted by Crippen LogP contribution is -2.14. The Bertz CT molecular complexity index is 650. The number of fused-ring (bicyclic) bond motifs is 3. The van der Waals surface area contributed by atoms with Gasteiger partial charge in [-0.3, -0.25) is 0 Å². The third-order valence-corrected chi connectivity index (χ3v) is 5.37. The van der Waals surface area contributed by atoms with Crippen molar-refractivity contribution in [3.8, 4) is 0 Å². The van der Waals surface area contributed by atoms with E-state index < -0.39 is 0 Å². The maximum absolute atomic E-state index is 5.60. The van der Waals surface area contributed by atoms with Gasteiger partial charge in [0.1, 0.15) is 16.8 Å². The van der Waals surface area contributed by atoms with Crippen molar-refractivity contribution in [1.82, 2.24) is 9.97 Å². The molecule has 2 heterocycles. The second kappa shape index (κ2) is 5.89. The van der Waals surface area contributed by atoms with E-state index in [0.29, 0.717) is 5.92 Å². The molecule has 0 amide bonds. The molecule has 0 saturated carbocycles. The summed E-state index contributed by atoms with van der Waals surface area (Å²) in [5.41, 5.74) is 1.47. The maximum Gasteiger partial charge on any atom is 0.161 e. The van der Waals surface area contributed by atoms with Crippen LogP contribution in [0.5, 0.6) is 0 Å². The summed E-state index contributed by atoms with van der Waals surface area (Å²) in [7, 11) is 3.67. The van der Waals surface area contributed by atoms with Crippen LogP contribution in [0.3, 0.4) is 0 Å². The molecule has 2 aromatic rings. The van der Waals surface area contributed by atoms with Gasteiger partial charge < -0.3 is 10.1 Å². The summed E-state index contributed by atoms with van der Waals surface area (Å²) in [6.07, 6.45) is 4.86. The number of nitrogens with one attached hydrogen (secondary N) is 1. The quantitative estimate of drug-likeness (QED) is 0.929. The van der Waals surface area contributed by atoms with Crippen molar-refractivity contribution in [3.05, 3.63) is 16.3 Å². The zero-order valence-electron chi connectivity index (χ0n) is 13.2. The molecule has 2 aromatic heterocycles. The number of hydrogen-bond donors (Lipinski definition) is 1. The minimum absolute atomic E-state index is 0.0550. The molecule has 0 spiro atoms. The fourth-order valence-electron chi connectivity index (χ4n) is 3.16. The molecule has 0 radical (unpaired) electrons. The Labute approximate surface area is 129 Å². The van der Waals surface area contributed by atoms with Crippen LogP contribution in [0.4, 0.5) is 5.82 Å². The van der Waals surface area contributed by atoms with E-state index in [1.807, 2.05) is 18.4 Å². The molecule has 1 atom stereocenters. The van der Waals surface area contributed by atoms with Crippen LogP contribution in [0.1, 0.15) is 49.1 Å². The van der Waals surface area contributed by atoms with E-state index in [0.717, 1.165) is 22.9 Å². The molecule has 1 aliphatic rings. The molecule has 0 saturated heterocycles. The fourth-order valence-corrected chi connectivity index (χ4v) is 4.43. The second-order valence-corrected chi connectivity index (χ2v) is 7.06. The molecule has 21 heavy (non-hydrogen) atoms. The number of anilines is 1. The number of methoxy groups -OCH3 is 1. The van der Waals surface area contributed by atoms with Crippen LogP contribution in [-0.2, 0) is 17.6 Å². The summed E-state index contributed by atoms with van der Waals surface area (Å²) in [5.74, 6) is 2.10. The van der Waals surface area contributed by atoms with Gasteiger partial charge >= 0.3 is 0 Å². The predicted molar refractivity (Wildman–Crippen MR) is 88.2 cm³/mol. The van der Waals surface area contributed by atoms with E-state index in [1.165, 1.54) is 35.1 Å². The van der Waals surface area contributed by atoms with E-state index in [-0.39, 0.29) is 6.10 Å². The normalized spacial score (nSPS) is 16.2. The van der Waals surface area contributed by atoms with Crippen LogP contribution in [-0.4, -0.2) is 24.1 Å². The zero-order chi connectivity index (χ0) is 15.0. The number of rotatable bonds is 4. The molecular formula is C16H23N3OS. The lowest BCUT2D eigenvalue weighted by Gasteiger charge is -2.18. The van der Waals surface area contributed by atoms with Crippen LogP contribution >= 0.6 is 11.3 Å². The number of nitrogens with zero attached hydrogens (tertiary/aromatic N) is 2. The molecular weight excluding hydrogens is 282 g/mol. The summed E-state index contributed by atoms with van der Waals surface area (Å²) in [4.78, 5) is 12.2. The molecule has 5 heteroatoms. The van der Waals surface area contributed by atoms with Crippen molar-refractivity contribution >= 4 is 27.4 Å². The highest BCUT2D eigenvalue weighted by Crippen LogP contribution is 2.39. The number of thiophene rings is 1. The molecule has 0 aliphatic heterocycles. The molecule has 0 bridgehead atoms. The largest absolute Gasteiger partial charge is 0.373 e. The topological polar surface area (TPSA) is 47.0 Å². The van der Waals surface area contributed by atoms with Gasteiger partial charge in [0, 0.05) is 19.0 Å². The van der Waals surface area contributed by atoms with Crippen molar-refractivity contribution in [3.63, 3.8) is 0 Å². The third kappa shape index (κ3) is 2.53. The van der Waals surface area contributed by atoms with Crippen molar-refractivity contribution in [2.75, 3.05) is 19.5 Å². The van der Waals surface area contributed by atoms with Crippen LogP contribution in [0.15, 0.2) is 0 Å². The molecule has 0 aromatic carbocycles. The van der Waals surface area contributed by atoms with Gasteiger partial charge in [0.05, 0.1) is 5.39 Å². The minimum atomic E-state index is -0.0550. The summed E-state index contributed by atoms with van der Waals surface area (Å²) in [5, 5.41) is 4.50. The average molecular weight is 305 g/mol. The molecule has 1 N–H and O–H groups in total. The number of aromatic nitrogens is 2. The summed E-state index contributed by atoms with van der Waals surface area (Å²) in [6.45, 7) is 4.28. The lowest BCUT2D eigenvalue weighted by atomic mass is 9.97. The zero-order valence-corrected chi connectivity index (χ0v) is 14.0. The van der Waals surface area contributed by atoms with E-state index in [9.17, 15) is 0 Å². The van der Waals surface area contributed by atoms with E-state index in [1.54, 1.807) is 7.11 Å².